The molecule has 1 unspecified atom stereocenters. The second-order valence-electron chi connectivity index (χ2n) is 8.00. The van der Waals surface area contributed by atoms with Crippen molar-refractivity contribution in [3.8, 4) is 0 Å². The zero-order valence-electron chi connectivity index (χ0n) is 20.3. The van der Waals surface area contributed by atoms with Gasteiger partial charge in [0.1, 0.15) is 5.82 Å². The maximum atomic E-state index is 14.3. The van der Waals surface area contributed by atoms with Crippen LogP contribution in [-0.4, -0.2) is 47.4 Å². The molecule has 2 aromatic carbocycles. The molecule has 0 aliphatic heterocycles. The molecule has 0 saturated heterocycles. The third-order valence-electron chi connectivity index (χ3n) is 5.67. The molecule has 0 aliphatic carbocycles. The van der Waals surface area contributed by atoms with Crippen molar-refractivity contribution in [3.63, 3.8) is 0 Å². The Kier molecular flexibility index (Phi) is 9.69. The summed E-state index contributed by atoms with van der Waals surface area (Å²) in [5.74, 6) is -1.08. The van der Waals surface area contributed by atoms with Crippen molar-refractivity contribution < 1.29 is 14.0 Å². The van der Waals surface area contributed by atoms with Crippen molar-refractivity contribution in [2.45, 2.75) is 33.2 Å². The summed E-state index contributed by atoms with van der Waals surface area (Å²) in [5.41, 5.74) is 1.89. The number of rotatable bonds is 11. The van der Waals surface area contributed by atoms with Gasteiger partial charge in [0.05, 0.1) is 11.4 Å². The third kappa shape index (κ3) is 7.31. The third-order valence-corrected chi connectivity index (χ3v) is 6.51. The average Bonchev–Trinajstić information content (AvgIpc) is 3.32. The molecule has 0 spiro atoms. The molecule has 184 valence electrons. The van der Waals surface area contributed by atoms with E-state index in [9.17, 15) is 14.0 Å². The first kappa shape index (κ1) is 26.2. The minimum atomic E-state index is -0.507. The Morgan fingerprint density at radius 2 is 1.77 bits per heavy atom. The van der Waals surface area contributed by atoms with Crippen LogP contribution in [0.15, 0.2) is 66.1 Å². The van der Waals surface area contributed by atoms with Crippen molar-refractivity contribution in [1.82, 2.24) is 15.2 Å². The van der Waals surface area contributed by atoms with E-state index in [1.54, 1.807) is 23.6 Å². The van der Waals surface area contributed by atoms with Crippen molar-refractivity contribution >= 4 is 40.0 Å². The van der Waals surface area contributed by atoms with Crippen LogP contribution in [0.1, 0.15) is 32.0 Å². The van der Waals surface area contributed by atoms with Crippen LogP contribution in [0.25, 0.3) is 6.08 Å². The molecule has 35 heavy (non-hydrogen) atoms. The summed E-state index contributed by atoms with van der Waals surface area (Å²) in [6, 6.07) is 16.5. The summed E-state index contributed by atoms with van der Waals surface area (Å²) in [5, 5.41) is 5.06. The number of carbonyl (C=O) groups excluding carboxylic acids is 2. The topological polar surface area (TPSA) is 65.5 Å². The maximum absolute atomic E-state index is 14.3. The second-order valence-corrected chi connectivity index (χ2v) is 8.84. The zero-order valence-corrected chi connectivity index (χ0v) is 21.1. The van der Waals surface area contributed by atoms with Crippen molar-refractivity contribution in [3.05, 3.63) is 83.1 Å². The summed E-state index contributed by atoms with van der Waals surface area (Å²) in [4.78, 5) is 32.7. The number of likely N-dealkylation sites (N-methyl/N-ethyl adjacent to an activating group) is 1. The molecule has 2 amide bonds. The van der Waals surface area contributed by atoms with E-state index in [1.807, 2.05) is 18.2 Å². The summed E-state index contributed by atoms with van der Waals surface area (Å²) in [6.45, 7) is 7.92. The number of para-hydroxylation sites is 1. The van der Waals surface area contributed by atoms with Crippen LogP contribution in [0.4, 0.5) is 15.2 Å². The van der Waals surface area contributed by atoms with Crippen LogP contribution < -0.4 is 10.2 Å². The van der Waals surface area contributed by atoms with Crippen molar-refractivity contribution in [2.75, 3.05) is 24.5 Å². The van der Waals surface area contributed by atoms with Crippen molar-refractivity contribution in [1.29, 1.82) is 0 Å². The molecule has 6 nitrogen and oxygen atoms in total. The summed E-state index contributed by atoms with van der Waals surface area (Å²) >= 11 is 1.21. The van der Waals surface area contributed by atoms with Gasteiger partial charge in [0.25, 0.3) is 0 Å². The first-order valence-corrected chi connectivity index (χ1v) is 12.6. The van der Waals surface area contributed by atoms with Gasteiger partial charge in [-0.1, -0.05) is 56.3 Å². The van der Waals surface area contributed by atoms with Gasteiger partial charge in [-0.3, -0.25) is 19.4 Å². The summed E-state index contributed by atoms with van der Waals surface area (Å²) < 4.78 is 14.3. The standard InChI is InChI=1S/C27H31FN4O2S/c1-4-31(5-2)23(17-21-11-7-6-8-12-21)18-29-26(34)16-15-22-19-35-27(30-22)32(20(3)33)25-14-10-9-13-24(25)28/h6-16,19,23H,4-5,17-18H2,1-3H3,(H,29,34). The molecular weight excluding hydrogens is 463 g/mol. The molecule has 1 atom stereocenters. The molecule has 0 bridgehead atoms. The Labute approximate surface area is 210 Å². The fourth-order valence-electron chi connectivity index (χ4n) is 3.89. The lowest BCUT2D eigenvalue weighted by molar-refractivity contribution is -0.117. The molecule has 1 aromatic heterocycles. The zero-order chi connectivity index (χ0) is 25.2. The molecule has 0 saturated carbocycles. The van der Waals surface area contributed by atoms with Crippen LogP contribution in [0.3, 0.4) is 0 Å². The Morgan fingerprint density at radius 1 is 1.09 bits per heavy atom. The second kappa shape index (κ2) is 12.9. The largest absolute Gasteiger partial charge is 0.351 e. The van der Waals surface area contributed by atoms with Crippen LogP contribution in [-0.2, 0) is 16.0 Å². The molecule has 3 rings (SSSR count). The van der Waals surface area contributed by atoms with Gasteiger partial charge in [-0.05, 0) is 43.3 Å². The summed E-state index contributed by atoms with van der Waals surface area (Å²) in [7, 11) is 0. The molecule has 0 radical (unpaired) electrons. The lowest BCUT2D eigenvalue weighted by Crippen LogP contribution is -2.44. The van der Waals surface area contributed by atoms with E-state index in [-0.39, 0.29) is 23.5 Å². The SMILES string of the molecule is CCN(CC)C(CNC(=O)C=Cc1csc(N(C(C)=O)c2ccccc2F)n1)Cc1ccccc1. The van der Waals surface area contributed by atoms with E-state index in [2.05, 4.69) is 41.2 Å². The highest BCUT2D eigenvalue weighted by atomic mass is 32.1. The molecule has 8 heteroatoms. The fraction of sp³-hybridized carbons (Fsp3) is 0.296. The Bertz CT molecular complexity index is 1140. The Hall–Kier alpha value is -3.36. The smallest absolute Gasteiger partial charge is 0.244 e. The minimum Gasteiger partial charge on any atom is -0.351 e. The number of hydrogen-bond donors (Lipinski definition) is 1. The van der Waals surface area contributed by atoms with Gasteiger partial charge < -0.3 is 5.32 Å². The highest BCUT2D eigenvalue weighted by Crippen LogP contribution is 2.30. The van der Waals surface area contributed by atoms with Crippen LogP contribution in [0.5, 0.6) is 0 Å². The number of hydrogen-bond acceptors (Lipinski definition) is 5. The van der Waals surface area contributed by atoms with E-state index in [1.165, 1.54) is 46.9 Å². The number of anilines is 2. The van der Waals surface area contributed by atoms with E-state index < -0.39 is 5.82 Å². The number of halogens is 1. The predicted molar refractivity (Wildman–Crippen MR) is 140 cm³/mol. The van der Waals surface area contributed by atoms with Crippen molar-refractivity contribution in [2.24, 2.45) is 0 Å². The highest BCUT2D eigenvalue weighted by molar-refractivity contribution is 7.14. The van der Waals surface area contributed by atoms with E-state index in [4.69, 9.17) is 0 Å². The number of carbonyl (C=O) groups is 2. The van der Waals surface area contributed by atoms with Gasteiger partial charge in [-0.2, -0.15) is 0 Å². The molecule has 3 aromatic rings. The van der Waals surface area contributed by atoms with Gasteiger partial charge >= 0.3 is 0 Å². The quantitative estimate of drug-likeness (QED) is 0.379. The normalized spacial score (nSPS) is 12.1. The van der Waals surface area contributed by atoms with Gasteiger partial charge in [-0.15, -0.1) is 11.3 Å². The van der Waals surface area contributed by atoms with Gasteiger partial charge in [0, 0.05) is 31.0 Å². The predicted octanol–water partition coefficient (Wildman–Crippen LogP) is 5.05. The minimum absolute atomic E-state index is 0.142. The first-order chi connectivity index (χ1) is 16.9. The molecular formula is C27H31FN4O2S. The fourth-order valence-corrected chi connectivity index (χ4v) is 4.74. The van der Waals surface area contributed by atoms with Gasteiger partial charge in [0.2, 0.25) is 11.8 Å². The van der Waals surface area contributed by atoms with Crippen LogP contribution in [0, 0.1) is 5.82 Å². The average molecular weight is 495 g/mol. The number of amides is 2. The lowest BCUT2D eigenvalue weighted by atomic mass is 10.0. The van der Waals surface area contributed by atoms with E-state index in [0.717, 1.165) is 19.5 Å². The number of benzene rings is 2. The first-order valence-electron chi connectivity index (χ1n) is 11.7. The van der Waals surface area contributed by atoms with E-state index >= 15 is 0 Å². The number of nitrogens with zero attached hydrogens (tertiary/aromatic N) is 3. The molecule has 0 fully saturated rings. The lowest BCUT2D eigenvalue weighted by Gasteiger charge is -2.30. The molecule has 1 N–H and O–H groups in total. The highest BCUT2D eigenvalue weighted by Gasteiger charge is 2.21. The van der Waals surface area contributed by atoms with Crippen LogP contribution in [0.2, 0.25) is 0 Å². The molecule has 1 heterocycles. The van der Waals surface area contributed by atoms with Gasteiger partial charge in [0.15, 0.2) is 5.13 Å². The van der Waals surface area contributed by atoms with Gasteiger partial charge in [-0.25, -0.2) is 9.37 Å². The monoisotopic (exact) mass is 494 g/mol. The molecule has 0 aliphatic rings. The van der Waals surface area contributed by atoms with Crippen LogP contribution >= 0.6 is 11.3 Å². The van der Waals surface area contributed by atoms with E-state index in [0.29, 0.717) is 17.4 Å². The Balaban J connectivity index is 1.65. The maximum Gasteiger partial charge on any atom is 0.244 e. The number of nitrogens with one attached hydrogen (secondary N) is 1. The number of thiazole rings is 1. The summed E-state index contributed by atoms with van der Waals surface area (Å²) in [6.07, 6.45) is 3.87. The Morgan fingerprint density at radius 3 is 2.43 bits per heavy atom. The number of aromatic nitrogens is 1.